The summed E-state index contributed by atoms with van der Waals surface area (Å²) in [6.45, 7) is 5.03. The molecule has 3 N–H and O–H groups in total. The molecule has 9 nitrogen and oxygen atoms in total. The van der Waals surface area contributed by atoms with Crippen LogP contribution >= 0.6 is 0 Å². The van der Waals surface area contributed by atoms with Crippen molar-refractivity contribution in [3.63, 3.8) is 0 Å². The Kier molecular flexibility index (Phi) is 12.0. The van der Waals surface area contributed by atoms with Crippen LogP contribution in [0, 0.1) is 5.41 Å². The molecule has 1 saturated carbocycles. The van der Waals surface area contributed by atoms with Gasteiger partial charge in [-0.3, -0.25) is 29.4 Å². The van der Waals surface area contributed by atoms with E-state index in [1.54, 1.807) is 9.80 Å². The highest BCUT2D eigenvalue weighted by Crippen LogP contribution is 2.43. The molecular weight excluding hydrogens is 616 g/mol. The molecule has 2 fully saturated rings. The summed E-state index contributed by atoms with van der Waals surface area (Å²) >= 11 is 0. The van der Waals surface area contributed by atoms with Crippen LogP contribution in [0.1, 0.15) is 76.0 Å². The van der Waals surface area contributed by atoms with Crippen molar-refractivity contribution < 1.29 is 24.3 Å². The minimum Gasteiger partial charge on any atom is -0.378 e. The van der Waals surface area contributed by atoms with Crippen molar-refractivity contribution in [3.05, 3.63) is 102 Å². The maximum absolute atomic E-state index is 14.2. The van der Waals surface area contributed by atoms with Gasteiger partial charge in [0.15, 0.2) is 0 Å². The first kappa shape index (κ1) is 36.0. The van der Waals surface area contributed by atoms with Crippen molar-refractivity contribution in [3.8, 4) is 0 Å². The Morgan fingerprint density at radius 1 is 0.857 bits per heavy atom. The van der Waals surface area contributed by atoms with Crippen molar-refractivity contribution in [2.75, 3.05) is 11.4 Å². The number of aliphatic hydroxyl groups is 1. The van der Waals surface area contributed by atoms with Gasteiger partial charge in [0.2, 0.25) is 11.8 Å². The standard InChI is InChI=1S/C40H50N4O5/c1-28(45)35(42-39(49)40(22-10-11-23-40)24-25-41-29(2)46)26-33-16-19-34(20-17-33)44-37(21-18-31-12-6-4-7-13-31)43(30(3)47)36(38(44)48)27-32-14-8-5-9-15-32/h4-9,12-17,19-20,35-37,39,42,49H,10-11,18,21-27H2,1-3H3,(H,41,46). The number of ketones is 1. The van der Waals surface area contributed by atoms with Gasteiger partial charge >= 0.3 is 0 Å². The normalized spacial score (nSPS) is 19.9. The van der Waals surface area contributed by atoms with E-state index < -0.39 is 29.9 Å². The van der Waals surface area contributed by atoms with Crippen LogP contribution in [0.3, 0.4) is 0 Å². The molecule has 1 aliphatic carbocycles. The first-order valence-electron chi connectivity index (χ1n) is 17.6. The van der Waals surface area contributed by atoms with Gasteiger partial charge in [-0.25, -0.2) is 0 Å². The summed E-state index contributed by atoms with van der Waals surface area (Å²) in [7, 11) is 0. The van der Waals surface area contributed by atoms with Crippen LogP contribution in [0.15, 0.2) is 84.9 Å². The van der Waals surface area contributed by atoms with E-state index in [0.717, 1.165) is 42.4 Å². The van der Waals surface area contributed by atoms with E-state index in [2.05, 4.69) is 22.8 Å². The Bertz CT molecular complexity index is 1570. The number of benzene rings is 3. The average molecular weight is 667 g/mol. The Hall–Kier alpha value is -4.34. The molecule has 4 atom stereocenters. The summed E-state index contributed by atoms with van der Waals surface area (Å²) < 4.78 is 0. The monoisotopic (exact) mass is 666 g/mol. The molecule has 1 saturated heterocycles. The van der Waals surface area contributed by atoms with Crippen molar-refractivity contribution >= 4 is 29.2 Å². The molecule has 260 valence electrons. The Morgan fingerprint density at radius 3 is 2.04 bits per heavy atom. The molecule has 49 heavy (non-hydrogen) atoms. The van der Waals surface area contributed by atoms with Crippen molar-refractivity contribution in [1.29, 1.82) is 0 Å². The molecule has 9 heteroatoms. The predicted octanol–water partition coefficient (Wildman–Crippen LogP) is 4.95. The highest BCUT2D eigenvalue weighted by Gasteiger charge is 2.47. The SMILES string of the molecule is CC(=O)NCCC1(C(O)NC(Cc2ccc(N3C(=O)C(Cc4ccccc4)N(C(C)=O)C3CCc3ccccc3)cc2)C(C)=O)CCCC1. The maximum Gasteiger partial charge on any atom is 0.251 e. The summed E-state index contributed by atoms with van der Waals surface area (Å²) in [5.74, 6) is -0.427. The molecule has 0 radical (unpaired) electrons. The first-order valence-corrected chi connectivity index (χ1v) is 17.6. The van der Waals surface area contributed by atoms with Crippen LogP contribution in [0.2, 0.25) is 0 Å². The van der Waals surface area contributed by atoms with Crippen molar-refractivity contribution in [2.24, 2.45) is 5.41 Å². The fourth-order valence-corrected chi connectivity index (χ4v) is 7.66. The maximum atomic E-state index is 14.2. The summed E-state index contributed by atoms with van der Waals surface area (Å²) in [5.41, 5.74) is 3.32. The zero-order valence-corrected chi connectivity index (χ0v) is 28.9. The second kappa shape index (κ2) is 16.4. The van der Waals surface area contributed by atoms with Crippen LogP contribution < -0.4 is 15.5 Å². The molecule has 5 rings (SSSR count). The largest absolute Gasteiger partial charge is 0.378 e. The molecule has 0 spiro atoms. The van der Waals surface area contributed by atoms with Gasteiger partial charge in [0.05, 0.1) is 6.04 Å². The molecule has 1 aliphatic heterocycles. The van der Waals surface area contributed by atoms with E-state index in [1.807, 2.05) is 72.8 Å². The minimum absolute atomic E-state index is 0.0744. The first-order chi connectivity index (χ1) is 23.6. The summed E-state index contributed by atoms with van der Waals surface area (Å²) in [6, 6.07) is 26.3. The van der Waals surface area contributed by atoms with Crippen LogP contribution in [0.25, 0.3) is 0 Å². The van der Waals surface area contributed by atoms with Gasteiger partial charge in [-0.05, 0) is 74.3 Å². The summed E-state index contributed by atoms with van der Waals surface area (Å²) in [5, 5.41) is 17.5. The fourth-order valence-electron chi connectivity index (χ4n) is 7.66. The number of aryl methyl sites for hydroxylation is 1. The molecule has 0 bridgehead atoms. The van der Waals surface area contributed by atoms with Crippen LogP contribution in [0.4, 0.5) is 5.69 Å². The second-order valence-electron chi connectivity index (χ2n) is 13.8. The van der Waals surface area contributed by atoms with Gasteiger partial charge < -0.3 is 15.3 Å². The molecule has 2 aliphatic rings. The second-order valence-corrected chi connectivity index (χ2v) is 13.8. The lowest BCUT2D eigenvalue weighted by Gasteiger charge is -2.37. The topological polar surface area (TPSA) is 119 Å². The number of nitrogens with zero attached hydrogens (tertiary/aromatic N) is 2. The molecule has 3 aromatic carbocycles. The molecule has 4 unspecified atom stereocenters. The fraction of sp³-hybridized carbons (Fsp3) is 0.450. The lowest BCUT2D eigenvalue weighted by molar-refractivity contribution is -0.134. The number of hydrogen-bond donors (Lipinski definition) is 3. The third-order valence-electron chi connectivity index (χ3n) is 10.3. The molecule has 1 heterocycles. The third kappa shape index (κ3) is 8.83. The lowest BCUT2D eigenvalue weighted by atomic mass is 9.80. The van der Waals surface area contributed by atoms with Crippen molar-refractivity contribution in [2.45, 2.75) is 103 Å². The lowest BCUT2D eigenvalue weighted by Crippen LogP contribution is -2.52. The zero-order valence-electron chi connectivity index (χ0n) is 28.9. The number of anilines is 1. The molecule has 3 amide bonds. The Morgan fingerprint density at radius 2 is 1.47 bits per heavy atom. The predicted molar refractivity (Wildman–Crippen MR) is 190 cm³/mol. The van der Waals surface area contributed by atoms with Gasteiger partial charge in [-0.1, -0.05) is 85.6 Å². The Labute approximate surface area is 290 Å². The molecule has 3 aromatic rings. The number of nitrogens with one attached hydrogen (secondary N) is 2. The molecule has 0 aromatic heterocycles. The number of carbonyl (C=O) groups is 4. The van der Waals surface area contributed by atoms with Crippen molar-refractivity contribution in [1.82, 2.24) is 15.5 Å². The number of amides is 3. The van der Waals surface area contributed by atoms with Gasteiger partial charge in [-0.2, -0.15) is 0 Å². The minimum atomic E-state index is -0.886. The van der Waals surface area contributed by atoms with E-state index in [1.165, 1.54) is 20.8 Å². The van der Waals surface area contributed by atoms with Gasteiger partial charge in [-0.15, -0.1) is 0 Å². The third-order valence-corrected chi connectivity index (χ3v) is 10.3. The van der Waals surface area contributed by atoms with Crippen LogP contribution in [-0.4, -0.2) is 64.5 Å². The number of hydrogen-bond acceptors (Lipinski definition) is 6. The summed E-state index contributed by atoms with van der Waals surface area (Å²) in [6.07, 6.45) is 5.05. The number of Topliss-reactive ketones (excluding diaryl/α,β-unsaturated/α-hetero) is 1. The highest BCUT2D eigenvalue weighted by molar-refractivity contribution is 6.03. The average Bonchev–Trinajstić information content (AvgIpc) is 3.67. The van der Waals surface area contributed by atoms with E-state index in [-0.39, 0.29) is 23.5 Å². The number of aliphatic hydroxyl groups excluding tert-OH is 1. The smallest absolute Gasteiger partial charge is 0.251 e. The van der Waals surface area contributed by atoms with E-state index in [9.17, 15) is 24.3 Å². The highest BCUT2D eigenvalue weighted by atomic mass is 16.3. The van der Waals surface area contributed by atoms with Gasteiger partial charge in [0.1, 0.15) is 24.2 Å². The van der Waals surface area contributed by atoms with E-state index in [0.29, 0.717) is 44.3 Å². The number of rotatable bonds is 15. The number of carbonyl (C=O) groups excluding carboxylic acids is 4. The Balaban J connectivity index is 1.35. The summed E-state index contributed by atoms with van der Waals surface area (Å²) in [4.78, 5) is 55.2. The van der Waals surface area contributed by atoms with Crippen LogP contribution in [0.5, 0.6) is 0 Å². The van der Waals surface area contributed by atoms with E-state index in [4.69, 9.17) is 0 Å². The molecular formula is C40H50N4O5. The van der Waals surface area contributed by atoms with E-state index >= 15 is 0 Å². The van der Waals surface area contributed by atoms with Crippen LogP contribution in [-0.2, 0) is 38.4 Å². The quantitative estimate of drug-likeness (QED) is 0.198. The zero-order chi connectivity index (χ0) is 35.0. The van der Waals surface area contributed by atoms with Gasteiger partial charge in [0.25, 0.3) is 5.91 Å². The van der Waals surface area contributed by atoms with Gasteiger partial charge in [0, 0.05) is 37.9 Å².